The van der Waals surface area contributed by atoms with Crippen LogP contribution in [0.25, 0.3) is 0 Å². The molecule has 1 aromatic rings. The Morgan fingerprint density at radius 2 is 2.36 bits per heavy atom. The SMILES string of the molecule is CN(C)C([C]=O)c1cccs1. The first-order valence-corrected chi connectivity index (χ1v) is 4.21. The maximum Gasteiger partial charge on any atom is 0.222 e. The van der Waals surface area contributed by atoms with Crippen LogP contribution in [0.1, 0.15) is 10.9 Å². The number of likely N-dealkylation sites (N-methyl/N-ethyl adjacent to an activating group) is 1. The Labute approximate surface area is 70.5 Å². The zero-order valence-corrected chi connectivity index (χ0v) is 7.39. The van der Waals surface area contributed by atoms with Crippen molar-refractivity contribution in [2.75, 3.05) is 14.1 Å². The molecule has 0 bridgehead atoms. The Morgan fingerprint density at radius 1 is 1.64 bits per heavy atom. The van der Waals surface area contributed by atoms with E-state index in [1.54, 1.807) is 11.3 Å². The van der Waals surface area contributed by atoms with Crippen LogP contribution < -0.4 is 0 Å². The van der Waals surface area contributed by atoms with E-state index >= 15 is 0 Å². The quantitative estimate of drug-likeness (QED) is 0.681. The van der Waals surface area contributed by atoms with Gasteiger partial charge in [0.15, 0.2) is 0 Å². The van der Waals surface area contributed by atoms with Gasteiger partial charge in [-0.05, 0) is 25.5 Å². The van der Waals surface area contributed by atoms with Gasteiger partial charge in [0.05, 0.1) is 0 Å². The van der Waals surface area contributed by atoms with Crippen LogP contribution in [0, 0.1) is 0 Å². The van der Waals surface area contributed by atoms with Gasteiger partial charge in [-0.3, -0.25) is 9.69 Å². The van der Waals surface area contributed by atoms with Gasteiger partial charge in [0.25, 0.3) is 0 Å². The number of rotatable bonds is 3. The predicted molar refractivity (Wildman–Crippen MR) is 46.4 cm³/mol. The molecule has 1 rings (SSSR count). The van der Waals surface area contributed by atoms with Crippen LogP contribution in [0.5, 0.6) is 0 Å². The maximum atomic E-state index is 10.5. The molecule has 3 heteroatoms. The molecule has 0 spiro atoms. The fraction of sp³-hybridized carbons (Fsp3) is 0.375. The second-order valence-corrected chi connectivity index (χ2v) is 3.48. The molecule has 0 saturated heterocycles. The van der Waals surface area contributed by atoms with Crippen molar-refractivity contribution in [3.63, 3.8) is 0 Å². The summed E-state index contributed by atoms with van der Waals surface area (Å²) in [5, 5.41) is 1.96. The highest BCUT2D eigenvalue weighted by Crippen LogP contribution is 2.20. The zero-order chi connectivity index (χ0) is 8.27. The molecule has 0 fully saturated rings. The van der Waals surface area contributed by atoms with Gasteiger partial charge in [-0.1, -0.05) is 6.07 Å². The minimum absolute atomic E-state index is 0.199. The molecule has 0 N–H and O–H groups in total. The highest BCUT2D eigenvalue weighted by molar-refractivity contribution is 7.10. The zero-order valence-electron chi connectivity index (χ0n) is 6.57. The third-order valence-electron chi connectivity index (χ3n) is 1.44. The molecule has 2 nitrogen and oxygen atoms in total. The molecule has 0 aliphatic heterocycles. The molecule has 1 aromatic heterocycles. The van der Waals surface area contributed by atoms with Crippen LogP contribution in [0.15, 0.2) is 17.5 Å². The number of hydrogen-bond donors (Lipinski definition) is 0. The number of nitrogens with zero attached hydrogens (tertiary/aromatic N) is 1. The summed E-state index contributed by atoms with van der Waals surface area (Å²) in [5.41, 5.74) is 0. The lowest BCUT2D eigenvalue weighted by Gasteiger charge is -2.15. The summed E-state index contributed by atoms with van der Waals surface area (Å²) in [6.45, 7) is 0. The van der Waals surface area contributed by atoms with Gasteiger partial charge in [-0.2, -0.15) is 0 Å². The molecule has 0 aliphatic carbocycles. The monoisotopic (exact) mass is 168 g/mol. The molecule has 0 saturated carbocycles. The van der Waals surface area contributed by atoms with Crippen molar-refractivity contribution in [2.24, 2.45) is 0 Å². The summed E-state index contributed by atoms with van der Waals surface area (Å²) >= 11 is 1.58. The summed E-state index contributed by atoms with van der Waals surface area (Å²) in [5.74, 6) is 0. The Kier molecular flexibility index (Phi) is 2.79. The summed E-state index contributed by atoms with van der Waals surface area (Å²) < 4.78 is 0. The number of thiophene rings is 1. The standard InChI is InChI=1S/C8H10NOS/c1-9(2)7(6-10)8-4-3-5-11-8/h3-5,7H,1-2H3. The van der Waals surface area contributed by atoms with Crippen LogP contribution >= 0.6 is 11.3 Å². The second-order valence-electron chi connectivity index (χ2n) is 2.50. The summed E-state index contributed by atoms with van der Waals surface area (Å²) in [4.78, 5) is 13.4. The Morgan fingerprint density at radius 3 is 2.73 bits per heavy atom. The Bertz CT molecular complexity index is 218. The topological polar surface area (TPSA) is 20.3 Å². The third-order valence-corrected chi connectivity index (χ3v) is 2.37. The smallest absolute Gasteiger partial charge is 0.222 e. The van der Waals surface area contributed by atoms with E-state index in [-0.39, 0.29) is 6.04 Å². The average molecular weight is 168 g/mol. The van der Waals surface area contributed by atoms with E-state index < -0.39 is 0 Å². The summed E-state index contributed by atoms with van der Waals surface area (Å²) in [6.07, 6.45) is 1.99. The van der Waals surface area contributed by atoms with Gasteiger partial charge in [0, 0.05) is 4.88 Å². The summed E-state index contributed by atoms with van der Waals surface area (Å²) in [6, 6.07) is 3.68. The number of hydrogen-bond acceptors (Lipinski definition) is 3. The maximum absolute atomic E-state index is 10.5. The van der Waals surface area contributed by atoms with E-state index in [1.807, 2.05) is 42.8 Å². The van der Waals surface area contributed by atoms with Crippen molar-refractivity contribution in [1.29, 1.82) is 0 Å². The van der Waals surface area contributed by atoms with E-state index in [4.69, 9.17) is 0 Å². The molecule has 1 radical (unpaired) electrons. The lowest BCUT2D eigenvalue weighted by molar-refractivity contribution is 0.359. The van der Waals surface area contributed by atoms with Gasteiger partial charge in [-0.25, -0.2) is 0 Å². The first-order valence-electron chi connectivity index (χ1n) is 3.33. The molecule has 1 heterocycles. The molecule has 1 atom stereocenters. The first-order chi connectivity index (χ1) is 5.25. The van der Waals surface area contributed by atoms with Gasteiger partial charge in [0.2, 0.25) is 6.29 Å². The Balaban J connectivity index is 2.79. The first kappa shape index (κ1) is 8.43. The van der Waals surface area contributed by atoms with Crippen molar-refractivity contribution in [2.45, 2.75) is 6.04 Å². The van der Waals surface area contributed by atoms with Gasteiger partial charge in [-0.15, -0.1) is 11.3 Å². The Hall–Kier alpha value is -0.670. The van der Waals surface area contributed by atoms with E-state index in [0.717, 1.165) is 4.88 Å². The van der Waals surface area contributed by atoms with Gasteiger partial charge in [0.1, 0.15) is 6.04 Å². The fourth-order valence-corrected chi connectivity index (χ4v) is 1.72. The van der Waals surface area contributed by atoms with Crippen LogP contribution in [-0.4, -0.2) is 25.3 Å². The summed E-state index contributed by atoms with van der Waals surface area (Å²) in [7, 11) is 3.74. The lowest BCUT2D eigenvalue weighted by atomic mass is 10.2. The lowest BCUT2D eigenvalue weighted by Crippen LogP contribution is -2.19. The van der Waals surface area contributed by atoms with Crippen molar-refractivity contribution in [3.05, 3.63) is 22.4 Å². The van der Waals surface area contributed by atoms with Crippen molar-refractivity contribution in [1.82, 2.24) is 4.90 Å². The van der Waals surface area contributed by atoms with Gasteiger partial charge >= 0.3 is 0 Å². The molecule has 1 unspecified atom stereocenters. The second kappa shape index (κ2) is 3.64. The molecule has 59 valence electrons. The van der Waals surface area contributed by atoms with E-state index in [9.17, 15) is 4.79 Å². The van der Waals surface area contributed by atoms with Crippen molar-refractivity contribution in [3.8, 4) is 0 Å². The normalized spacial score (nSPS) is 13.4. The van der Waals surface area contributed by atoms with Crippen LogP contribution in [0.4, 0.5) is 0 Å². The average Bonchev–Trinajstić information content (AvgIpc) is 2.40. The number of carbonyl (C=O) groups excluding carboxylic acids is 1. The molecule has 11 heavy (non-hydrogen) atoms. The largest absolute Gasteiger partial charge is 0.295 e. The van der Waals surface area contributed by atoms with Gasteiger partial charge < -0.3 is 0 Å². The van der Waals surface area contributed by atoms with Crippen molar-refractivity contribution >= 4 is 17.6 Å². The van der Waals surface area contributed by atoms with Crippen LogP contribution in [0.2, 0.25) is 0 Å². The molecular formula is C8H10NOS. The van der Waals surface area contributed by atoms with Crippen LogP contribution in [-0.2, 0) is 4.79 Å². The third kappa shape index (κ3) is 1.88. The minimum Gasteiger partial charge on any atom is -0.295 e. The molecule has 0 aromatic carbocycles. The van der Waals surface area contributed by atoms with E-state index in [2.05, 4.69) is 0 Å². The molecule has 0 amide bonds. The molecular weight excluding hydrogens is 158 g/mol. The minimum atomic E-state index is -0.199. The molecule has 0 aliphatic rings. The van der Waals surface area contributed by atoms with E-state index in [0.29, 0.717) is 0 Å². The highest BCUT2D eigenvalue weighted by atomic mass is 32.1. The van der Waals surface area contributed by atoms with E-state index in [1.165, 1.54) is 0 Å². The fourth-order valence-electron chi connectivity index (χ4n) is 0.865. The van der Waals surface area contributed by atoms with Crippen molar-refractivity contribution < 1.29 is 4.79 Å². The van der Waals surface area contributed by atoms with Crippen LogP contribution in [0.3, 0.4) is 0 Å². The highest BCUT2D eigenvalue weighted by Gasteiger charge is 2.13. The predicted octanol–water partition coefficient (Wildman–Crippen LogP) is 1.46.